The van der Waals surface area contributed by atoms with Crippen molar-refractivity contribution in [1.82, 2.24) is 4.98 Å². The van der Waals surface area contributed by atoms with Gasteiger partial charge in [0.2, 0.25) is 10.0 Å². The first-order chi connectivity index (χ1) is 14.7. The summed E-state index contributed by atoms with van der Waals surface area (Å²) < 4.78 is 31.1. The van der Waals surface area contributed by atoms with E-state index >= 15 is 0 Å². The lowest BCUT2D eigenvalue weighted by atomic mass is 9.95. The van der Waals surface area contributed by atoms with Gasteiger partial charge in [-0.15, -0.1) is 11.3 Å². The van der Waals surface area contributed by atoms with Crippen molar-refractivity contribution in [2.75, 3.05) is 7.11 Å². The van der Waals surface area contributed by atoms with Gasteiger partial charge in [0.1, 0.15) is 15.8 Å². The van der Waals surface area contributed by atoms with E-state index in [4.69, 9.17) is 21.5 Å². The maximum atomic E-state index is 12.8. The Hall–Kier alpha value is -2.45. The number of fused-ring (bicyclic) bond motifs is 1. The Bertz CT molecular complexity index is 1380. The van der Waals surface area contributed by atoms with Gasteiger partial charge in [-0.3, -0.25) is 0 Å². The average molecular weight is 473 g/mol. The number of nitrogens with zero attached hydrogens (tertiary/aromatic N) is 1. The minimum atomic E-state index is -3.99. The number of hydrogen-bond acceptors (Lipinski definition) is 5. The molecule has 4 aromatic rings. The van der Waals surface area contributed by atoms with Gasteiger partial charge in [0.25, 0.3) is 0 Å². The van der Waals surface area contributed by atoms with Gasteiger partial charge in [0.05, 0.1) is 7.11 Å². The fourth-order valence-electron chi connectivity index (χ4n) is 3.88. The number of sulfonamides is 1. The highest BCUT2D eigenvalue weighted by Gasteiger charge is 2.30. The van der Waals surface area contributed by atoms with E-state index in [0.717, 1.165) is 37.7 Å². The summed E-state index contributed by atoms with van der Waals surface area (Å²) in [6.07, 6.45) is 0. The van der Waals surface area contributed by atoms with E-state index in [2.05, 4.69) is 4.98 Å². The Morgan fingerprint density at radius 3 is 2.45 bits per heavy atom. The summed E-state index contributed by atoms with van der Waals surface area (Å²) in [6.45, 7) is 3.86. The molecule has 2 aromatic heterocycles. The van der Waals surface area contributed by atoms with E-state index in [1.807, 2.05) is 44.2 Å². The van der Waals surface area contributed by atoms with E-state index in [1.165, 1.54) is 11.3 Å². The number of halogens is 1. The molecule has 1 atom stereocenters. The molecule has 0 radical (unpaired) electrons. The van der Waals surface area contributed by atoms with Crippen LogP contribution in [0.5, 0.6) is 5.75 Å². The molecule has 0 aliphatic rings. The average Bonchev–Trinajstić information content (AvgIpc) is 3.04. The zero-order valence-electron chi connectivity index (χ0n) is 17.2. The SMILES string of the molecule is COc1cccc(-c2c(C)sc3nc(C)cc(C(c4ccc(Cl)cc4)S(N)(=O)=O)c23)c1. The van der Waals surface area contributed by atoms with Gasteiger partial charge in [-0.05, 0) is 60.9 Å². The van der Waals surface area contributed by atoms with Crippen LogP contribution < -0.4 is 9.88 Å². The number of methoxy groups -OCH3 is 1. The Balaban J connectivity index is 2.08. The largest absolute Gasteiger partial charge is 0.497 e. The van der Waals surface area contributed by atoms with Gasteiger partial charge in [0, 0.05) is 26.5 Å². The molecule has 0 aliphatic heterocycles. The zero-order chi connectivity index (χ0) is 22.3. The van der Waals surface area contributed by atoms with Gasteiger partial charge < -0.3 is 4.74 Å². The first kappa shape index (κ1) is 21.8. The van der Waals surface area contributed by atoms with Crippen LogP contribution in [-0.2, 0) is 10.0 Å². The molecular formula is C23H21ClN2O3S2. The molecule has 0 spiro atoms. The van der Waals surface area contributed by atoms with Crippen LogP contribution >= 0.6 is 22.9 Å². The van der Waals surface area contributed by atoms with Crippen LogP contribution in [0.25, 0.3) is 21.3 Å². The van der Waals surface area contributed by atoms with Crippen LogP contribution in [0.2, 0.25) is 5.02 Å². The second-order valence-electron chi connectivity index (χ2n) is 7.32. The molecule has 0 saturated heterocycles. The predicted molar refractivity (Wildman–Crippen MR) is 127 cm³/mol. The number of nitrogens with two attached hydrogens (primary N) is 1. The van der Waals surface area contributed by atoms with Gasteiger partial charge in [0.15, 0.2) is 0 Å². The number of hydrogen-bond donors (Lipinski definition) is 1. The minimum absolute atomic E-state index is 0.524. The summed E-state index contributed by atoms with van der Waals surface area (Å²) in [5, 5.41) is 6.03. The quantitative estimate of drug-likeness (QED) is 0.408. The van der Waals surface area contributed by atoms with Crippen molar-refractivity contribution in [3.05, 3.63) is 81.3 Å². The standard InChI is InChI=1S/C23H21ClN2O3S2/c1-13-11-19(22(31(25,27)28)15-7-9-17(24)10-8-15)21-20(14(2)30-23(21)26-13)16-5-4-6-18(12-16)29-3/h4-12,22H,1-3H3,(H2,25,27,28). The first-order valence-corrected chi connectivity index (χ1v) is 12.3. The van der Waals surface area contributed by atoms with Crippen LogP contribution in [-0.4, -0.2) is 20.5 Å². The highest BCUT2D eigenvalue weighted by Crippen LogP contribution is 2.44. The highest BCUT2D eigenvalue weighted by atomic mass is 35.5. The van der Waals surface area contributed by atoms with Crippen molar-refractivity contribution in [1.29, 1.82) is 0 Å². The molecule has 0 amide bonds. The topological polar surface area (TPSA) is 82.3 Å². The number of aromatic nitrogens is 1. The van der Waals surface area contributed by atoms with Crippen molar-refractivity contribution in [2.45, 2.75) is 19.1 Å². The fourth-order valence-corrected chi connectivity index (χ4v) is 6.21. The molecule has 0 saturated carbocycles. The third-order valence-corrected chi connectivity index (χ3v) is 7.57. The Morgan fingerprint density at radius 1 is 1.10 bits per heavy atom. The van der Waals surface area contributed by atoms with Crippen LogP contribution in [0.15, 0.2) is 54.6 Å². The Kier molecular flexibility index (Phi) is 5.79. The number of pyridine rings is 1. The molecule has 0 bridgehead atoms. The third-order valence-electron chi connectivity index (χ3n) is 5.14. The predicted octanol–water partition coefficient (Wildman–Crippen LogP) is 5.62. The van der Waals surface area contributed by atoms with E-state index in [-0.39, 0.29) is 0 Å². The lowest BCUT2D eigenvalue weighted by Gasteiger charge is -2.19. The van der Waals surface area contributed by atoms with Crippen molar-refractivity contribution in [2.24, 2.45) is 5.14 Å². The molecule has 2 heterocycles. The molecule has 2 N–H and O–H groups in total. The molecule has 5 nitrogen and oxygen atoms in total. The van der Waals surface area contributed by atoms with Crippen LogP contribution in [0.1, 0.15) is 26.9 Å². The maximum Gasteiger partial charge on any atom is 0.220 e. The summed E-state index contributed by atoms with van der Waals surface area (Å²) in [5.41, 5.74) is 3.75. The number of benzene rings is 2. The van der Waals surface area contributed by atoms with Crippen molar-refractivity contribution in [3.63, 3.8) is 0 Å². The molecular weight excluding hydrogens is 452 g/mol. The molecule has 31 heavy (non-hydrogen) atoms. The highest BCUT2D eigenvalue weighted by molar-refractivity contribution is 7.89. The lowest BCUT2D eigenvalue weighted by Crippen LogP contribution is -2.23. The number of ether oxygens (including phenoxy) is 1. The Morgan fingerprint density at radius 2 is 1.81 bits per heavy atom. The normalized spacial score (nSPS) is 12.8. The lowest BCUT2D eigenvalue weighted by molar-refractivity contribution is 0.415. The smallest absolute Gasteiger partial charge is 0.220 e. The number of thiophene rings is 1. The van der Waals surface area contributed by atoms with Crippen molar-refractivity contribution >= 4 is 43.2 Å². The van der Waals surface area contributed by atoms with Crippen LogP contribution in [0.4, 0.5) is 0 Å². The summed E-state index contributed by atoms with van der Waals surface area (Å²) in [5.74, 6) is 0.721. The second kappa shape index (κ2) is 8.24. The molecule has 1 unspecified atom stereocenters. The van der Waals surface area contributed by atoms with E-state index in [9.17, 15) is 8.42 Å². The zero-order valence-corrected chi connectivity index (χ0v) is 19.6. The molecule has 8 heteroatoms. The second-order valence-corrected chi connectivity index (χ2v) is 10.6. The van der Waals surface area contributed by atoms with Gasteiger partial charge in [-0.1, -0.05) is 35.9 Å². The minimum Gasteiger partial charge on any atom is -0.497 e. The van der Waals surface area contributed by atoms with Gasteiger partial charge >= 0.3 is 0 Å². The third kappa shape index (κ3) is 4.19. The summed E-state index contributed by atoms with van der Waals surface area (Å²) in [4.78, 5) is 6.49. The molecule has 2 aromatic carbocycles. The van der Waals surface area contributed by atoms with E-state index in [1.54, 1.807) is 31.4 Å². The summed E-state index contributed by atoms with van der Waals surface area (Å²) in [6, 6.07) is 16.2. The van der Waals surface area contributed by atoms with Crippen molar-refractivity contribution in [3.8, 4) is 16.9 Å². The molecule has 0 aliphatic carbocycles. The molecule has 0 fully saturated rings. The maximum absolute atomic E-state index is 12.8. The van der Waals surface area contributed by atoms with Crippen LogP contribution in [0.3, 0.4) is 0 Å². The summed E-state index contributed by atoms with van der Waals surface area (Å²) in [7, 11) is -2.37. The fraction of sp³-hybridized carbons (Fsp3) is 0.174. The van der Waals surface area contributed by atoms with E-state index in [0.29, 0.717) is 16.1 Å². The first-order valence-electron chi connectivity index (χ1n) is 9.51. The van der Waals surface area contributed by atoms with E-state index < -0.39 is 15.3 Å². The summed E-state index contributed by atoms with van der Waals surface area (Å²) >= 11 is 7.57. The van der Waals surface area contributed by atoms with Crippen LogP contribution in [0, 0.1) is 13.8 Å². The Labute approximate surface area is 190 Å². The number of aryl methyl sites for hydroxylation is 2. The monoisotopic (exact) mass is 472 g/mol. The van der Waals surface area contributed by atoms with Crippen molar-refractivity contribution < 1.29 is 13.2 Å². The molecule has 160 valence electrons. The number of primary sulfonamides is 1. The van der Waals surface area contributed by atoms with Gasteiger partial charge in [-0.2, -0.15) is 0 Å². The number of rotatable bonds is 5. The van der Waals surface area contributed by atoms with Gasteiger partial charge in [-0.25, -0.2) is 18.5 Å². The molecule has 4 rings (SSSR count).